The summed E-state index contributed by atoms with van der Waals surface area (Å²) in [7, 11) is 0. The molecular weight excluding hydrogens is 332 g/mol. The summed E-state index contributed by atoms with van der Waals surface area (Å²) in [6.45, 7) is 0. The van der Waals surface area contributed by atoms with Crippen LogP contribution in [0.15, 0.2) is 24.3 Å². The Balaban J connectivity index is 2.54. The van der Waals surface area contributed by atoms with E-state index >= 15 is 0 Å². The molecule has 8 nitrogen and oxygen atoms in total. The van der Waals surface area contributed by atoms with Crippen molar-refractivity contribution in [2.24, 2.45) is 11.8 Å². The fourth-order valence-electron chi connectivity index (χ4n) is 3.69. The molecule has 3 atom stereocenters. The molecule has 1 aromatic rings. The first kappa shape index (κ1) is 18.4. The van der Waals surface area contributed by atoms with Crippen LogP contribution in [0, 0.1) is 11.8 Å². The van der Waals surface area contributed by atoms with Crippen molar-refractivity contribution in [1.29, 1.82) is 0 Å². The lowest BCUT2D eigenvalue weighted by molar-refractivity contribution is -0.151. The number of aliphatic carboxylic acids is 4. The van der Waals surface area contributed by atoms with Gasteiger partial charge in [-0.15, -0.1) is 0 Å². The SMILES string of the molecule is O=C(O)CC(CC(=O)O)C1CC(C(=O)O)C(C(=O)O)c2ccccc21. The van der Waals surface area contributed by atoms with Gasteiger partial charge in [-0.1, -0.05) is 24.3 Å². The molecule has 0 fully saturated rings. The largest absolute Gasteiger partial charge is 0.481 e. The lowest BCUT2D eigenvalue weighted by Gasteiger charge is -2.37. The minimum absolute atomic E-state index is 0.117. The molecule has 0 bridgehead atoms. The Hall–Kier alpha value is -2.90. The van der Waals surface area contributed by atoms with Crippen LogP contribution in [-0.2, 0) is 19.2 Å². The number of carboxylic acids is 4. The average Bonchev–Trinajstić information content (AvgIpc) is 2.51. The predicted molar refractivity (Wildman–Crippen MR) is 83.3 cm³/mol. The van der Waals surface area contributed by atoms with Crippen molar-refractivity contribution in [2.75, 3.05) is 0 Å². The van der Waals surface area contributed by atoms with Crippen molar-refractivity contribution in [2.45, 2.75) is 31.1 Å². The summed E-state index contributed by atoms with van der Waals surface area (Å²) in [4.78, 5) is 45.5. The summed E-state index contributed by atoms with van der Waals surface area (Å²) in [6.07, 6.45) is -0.987. The minimum Gasteiger partial charge on any atom is -0.481 e. The summed E-state index contributed by atoms with van der Waals surface area (Å²) < 4.78 is 0. The van der Waals surface area contributed by atoms with Crippen LogP contribution in [0.5, 0.6) is 0 Å². The van der Waals surface area contributed by atoms with Crippen LogP contribution in [0.25, 0.3) is 0 Å². The van der Waals surface area contributed by atoms with E-state index in [-0.39, 0.29) is 6.42 Å². The molecule has 4 N–H and O–H groups in total. The number of rotatable bonds is 7. The zero-order chi connectivity index (χ0) is 18.7. The van der Waals surface area contributed by atoms with Crippen molar-refractivity contribution in [3.8, 4) is 0 Å². The molecule has 0 saturated heterocycles. The van der Waals surface area contributed by atoms with Gasteiger partial charge in [0.25, 0.3) is 0 Å². The highest BCUT2D eigenvalue weighted by molar-refractivity contribution is 5.86. The average molecular weight is 350 g/mol. The molecule has 3 unspecified atom stereocenters. The number of fused-ring (bicyclic) bond motifs is 1. The van der Waals surface area contributed by atoms with Gasteiger partial charge in [-0.05, 0) is 29.4 Å². The Bertz CT molecular complexity index is 694. The maximum Gasteiger partial charge on any atom is 0.311 e. The third kappa shape index (κ3) is 3.96. The van der Waals surface area contributed by atoms with Crippen LogP contribution >= 0.6 is 0 Å². The van der Waals surface area contributed by atoms with E-state index in [0.29, 0.717) is 11.1 Å². The molecule has 0 heterocycles. The van der Waals surface area contributed by atoms with Gasteiger partial charge in [-0.25, -0.2) is 0 Å². The minimum atomic E-state index is -1.30. The monoisotopic (exact) mass is 350 g/mol. The van der Waals surface area contributed by atoms with E-state index < -0.39 is 60.4 Å². The van der Waals surface area contributed by atoms with E-state index in [0.717, 1.165) is 0 Å². The van der Waals surface area contributed by atoms with Crippen LogP contribution < -0.4 is 0 Å². The molecule has 0 saturated carbocycles. The van der Waals surface area contributed by atoms with Crippen molar-refractivity contribution >= 4 is 23.9 Å². The quantitative estimate of drug-likeness (QED) is 0.579. The number of carboxylic acid groups (broad SMARTS) is 4. The molecule has 134 valence electrons. The van der Waals surface area contributed by atoms with E-state index in [1.54, 1.807) is 18.2 Å². The molecule has 1 aliphatic rings. The molecular formula is C17H18O8. The van der Waals surface area contributed by atoms with Gasteiger partial charge in [0.15, 0.2) is 0 Å². The van der Waals surface area contributed by atoms with E-state index in [4.69, 9.17) is 10.2 Å². The second-order valence-corrected chi connectivity index (χ2v) is 6.19. The van der Waals surface area contributed by atoms with Gasteiger partial charge < -0.3 is 20.4 Å². The first-order valence-electron chi connectivity index (χ1n) is 7.70. The van der Waals surface area contributed by atoms with Gasteiger partial charge in [0.1, 0.15) is 0 Å². The Morgan fingerprint density at radius 3 is 1.84 bits per heavy atom. The molecule has 8 heteroatoms. The highest BCUT2D eigenvalue weighted by Gasteiger charge is 2.45. The summed E-state index contributed by atoms with van der Waals surface area (Å²) in [5.41, 5.74) is 0.819. The molecule has 2 rings (SSSR count). The Labute approximate surface area is 142 Å². The lowest BCUT2D eigenvalue weighted by atomic mass is 9.65. The third-order valence-corrected chi connectivity index (χ3v) is 4.67. The van der Waals surface area contributed by atoms with Gasteiger partial charge in [0, 0.05) is 12.8 Å². The Morgan fingerprint density at radius 1 is 0.880 bits per heavy atom. The van der Waals surface area contributed by atoms with Gasteiger partial charge in [0.05, 0.1) is 11.8 Å². The molecule has 0 spiro atoms. The maximum atomic E-state index is 11.6. The van der Waals surface area contributed by atoms with Crippen molar-refractivity contribution in [3.63, 3.8) is 0 Å². The van der Waals surface area contributed by atoms with Crippen molar-refractivity contribution < 1.29 is 39.6 Å². The first-order valence-corrected chi connectivity index (χ1v) is 7.70. The van der Waals surface area contributed by atoms with Gasteiger partial charge in [-0.3, -0.25) is 19.2 Å². The standard InChI is InChI=1S/C17H18O8/c18-13(19)5-8(6-14(20)21)11-7-12(16(22)23)15(17(24)25)10-4-2-1-3-9(10)11/h1-4,8,11-12,15H,5-7H2,(H,18,19)(H,20,21)(H,22,23)(H,24,25). The van der Waals surface area contributed by atoms with E-state index in [1.807, 2.05) is 0 Å². The number of hydrogen-bond donors (Lipinski definition) is 4. The third-order valence-electron chi connectivity index (χ3n) is 4.67. The maximum absolute atomic E-state index is 11.6. The first-order chi connectivity index (χ1) is 11.7. The molecule has 0 radical (unpaired) electrons. The smallest absolute Gasteiger partial charge is 0.311 e. The van der Waals surface area contributed by atoms with E-state index in [9.17, 15) is 29.4 Å². The summed E-state index contributed by atoms with van der Waals surface area (Å²) in [5, 5.41) is 37.1. The number of carbonyl (C=O) groups is 4. The highest BCUT2D eigenvalue weighted by Crippen LogP contribution is 2.47. The van der Waals surface area contributed by atoms with Crippen LogP contribution in [0.1, 0.15) is 42.2 Å². The summed E-state index contributed by atoms with van der Waals surface area (Å²) in [5.74, 6) is -8.91. The van der Waals surface area contributed by atoms with Crippen LogP contribution in [0.3, 0.4) is 0 Å². The zero-order valence-electron chi connectivity index (χ0n) is 13.2. The Kier molecular flexibility index (Phi) is 5.41. The fraction of sp³-hybridized carbons (Fsp3) is 0.412. The van der Waals surface area contributed by atoms with Crippen molar-refractivity contribution in [1.82, 2.24) is 0 Å². The number of benzene rings is 1. The second kappa shape index (κ2) is 7.33. The lowest BCUT2D eigenvalue weighted by Crippen LogP contribution is -2.37. The normalized spacial score (nSPS) is 22.2. The highest BCUT2D eigenvalue weighted by atomic mass is 16.4. The predicted octanol–water partition coefficient (Wildman–Crippen LogP) is 1.61. The van der Waals surface area contributed by atoms with Crippen molar-refractivity contribution in [3.05, 3.63) is 35.4 Å². The van der Waals surface area contributed by atoms with Gasteiger partial charge >= 0.3 is 23.9 Å². The van der Waals surface area contributed by atoms with E-state index in [2.05, 4.69) is 0 Å². The zero-order valence-corrected chi connectivity index (χ0v) is 13.2. The number of hydrogen-bond acceptors (Lipinski definition) is 4. The summed E-state index contributed by atoms with van der Waals surface area (Å²) in [6, 6.07) is 6.35. The topological polar surface area (TPSA) is 149 Å². The molecule has 0 amide bonds. The molecule has 0 aromatic heterocycles. The second-order valence-electron chi connectivity index (χ2n) is 6.19. The van der Waals surface area contributed by atoms with Gasteiger partial charge in [0.2, 0.25) is 0 Å². The Morgan fingerprint density at radius 2 is 1.40 bits per heavy atom. The van der Waals surface area contributed by atoms with Crippen LogP contribution in [0.4, 0.5) is 0 Å². The molecule has 1 aromatic carbocycles. The molecule has 25 heavy (non-hydrogen) atoms. The van der Waals surface area contributed by atoms with E-state index in [1.165, 1.54) is 6.07 Å². The van der Waals surface area contributed by atoms with Crippen LogP contribution in [-0.4, -0.2) is 44.3 Å². The molecule has 0 aliphatic heterocycles. The van der Waals surface area contributed by atoms with Crippen LogP contribution in [0.2, 0.25) is 0 Å². The van der Waals surface area contributed by atoms with Gasteiger partial charge in [-0.2, -0.15) is 0 Å². The fourth-order valence-corrected chi connectivity index (χ4v) is 3.69. The summed E-state index contributed by atoms with van der Waals surface area (Å²) >= 11 is 0. The molecule has 1 aliphatic carbocycles.